The van der Waals surface area contributed by atoms with Crippen LogP contribution in [0.2, 0.25) is 0 Å². The molecule has 1 saturated heterocycles. The van der Waals surface area contributed by atoms with Gasteiger partial charge in [0, 0.05) is 12.1 Å². The van der Waals surface area contributed by atoms with Gasteiger partial charge in [-0.1, -0.05) is 18.6 Å². The highest BCUT2D eigenvalue weighted by Gasteiger charge is 2.09. The van der Waals surface area contributed by atoms with Crippen LogP contribution < -0.4 is 4.74 Å². The average Bonchev–Trinajstić information content (AvgIpc) is 2.45. The first-order valence-electron chi connectivity index (χ1n) is 7.22. The third kappa shape index (κ3) is 4.67. The topological polar surface area (TPSA) is 29.5 Å². The third-order valence-corrected chi connectivity index (χ3v) is 3.58. The van der Waals surface area contributed by atoms with Crippen molar-refractivity contribution in [2.75, 3.05) is 26.2 Å². The van der Waals surface area contributed by atoms with Crippen molar-refractivity contribution in [2.24, 2.45) is 0 Å². The van der Waals surface area contributed by atoms with Crippen molar-refractivity contribution in [3.8, 4) is 5.75 Å². The quantitative estimate of drug-likeness (QED) is 0.582. The Bertz CT molecular complexity index is 411. The van der Waals surface area contributed by atoms with Crippen molar-refractivity contribution in [2.45, 2.75) is 32.6 Å². The Balaban J connectivity index is 1.70. The normalized spacial score (nSPS) is 16.3. The number of hydrogen-bond acceptors (Lipinski definition) is 3. The predicted molar refractivity (Wildman–Crippen MR) is 76.8 cm³/mol. The minimum atomic E-state index is 0.0822. The number of benzene rings is 1. The zero-order valence-electron chi connectivity index (χ0n) is 11.7. The van der Waals surface area contributed by atoms with Crippen LogP contribution >= 0.6 is 0 Å². The van der Waals surface area contributed by atoms with Crippen LogP contribution in [0.25, 0.3) is 0 Å². The molecule has 0 amide bonds. The largest absolute Gasteiger partial charge is 0.494 e. The molecule has 1 aromatic rings. The highest BCUT2D eigenvalue weighted by molar-refractivity contribution is 5.94. The molecule has 1 heterocycles. The predicted octanol–water partition coefficient (Wildman–Crippen LogP) is 3.14. The monoisotopic (exact) mass is 261 g/mol. The van der Waals surface area contributed by atoms with Gasteiger partial charge in [0.25, 0.3) is 0 Å². The van der Waals surface area contributed by atoms with Crippen LogP contribution in [0.15, 0.2) is 24.3 Å². The van der Waals surface area contributed by atoms with Gasteiger partial charge in [-0.3, -0.25) is 4.79 Å². The molecule has 0 saturated carbocycles. The third-order valence-electron chi connectivity index (χ3n) is 3.58. The second kappa shape index (κ2) is 7.29. The number of piperidine rings is 1. The second-order valence-electron chi connectivity index (χ2n) is 5.19. The molecule has 3 nitrogen and oxygen atoms in total. The summed E-state index contributed by atoms with van der Waals surface area (Å²) < 4.78 is 5.71. The molecule has 0 N–H and O–H groups in total. The number of nitrogens with zero attached hydrogens (tertiary/aromatic N) is 1. The molecule has 1 fully saturated rings. The highest BCUT2D eigenvalue weighted by atomic mass is 16.5. The van der Waals surface area contributed by atoms with Crippen molar-refractivity contribution < 1.29 is 9.53 Å². The van der Waals surface area contributed by atoms with Crippen molar-refractivity contribution in [1.29, 1.82) is 0 Å². The van der Waals surface area contributed by atoms with Crippen LogP contribution in [0.3, 0.4) is 0 Å². The number of ketones is 1. The van der Waals surface area contributed by atoms with E-state index in [1.165, 1.54) is 32.4 Å². The molecule has 104 valence electrons. The number of ether oxygens (including phenoxy) is 1. The maximum absolute atomic E-state index is 11.3. The van der Waals surface area contributed by atoms with Crippen molar-refractivity contribution in [1.82, 2.24) is 4.90 Å². The summed E-state index contributed by atoms with van der Waals surface area (Å²) in [5.41, 5.74) is 0.716. The molecule has 1 aliphatic rings. The Hall–Kier alpha value is -1.35. The molecule has 1 aliphatic heterocycles. The SMILES string of the molecule is CC(=O)c1cccc(OCCCN2CCCCC2)c1. The fourth-order valence-electron chi connectivity index (χ4n) is 2.47. The first-order chi connectivity index (χ1) is 9.25. The van der Waals surface area contributed by atoms with Crippen LogP contribution in [0.5, 0.6) is 5.75 Å². The molecular weight excluding hydrogens is 238 g/mol. The lowest BCUT2D eigenvalue weighted by Gasteiger charge is -2.26. The minimum absolute atomic E-state index is 0.0822. The number of likely N-dealkylation sites (tertiary alicyclic amines) is 1. The molecule has 0 unspecified atom stereocenters. The van der Waals surface area contributed by atoms with E-state index in [9.17, 15) is 4.79 Å². The maximum atomic E-state index is 11.3. The number of hydrogen-bond donors (Lipinski definition) is 0. The molecule has 0 aliphatic carbocycles. The molecule has 0 radical (unpaired) electrons. The fraction of sp³-hybridized carbons (Fsp3) is 0.562. The van der Waals surface area contributed by atoms with Crippen LogP contribution in [0.1, 0.15) is 43.0 Å². The molecule has 1 aromatic carbocycles. The van der Waals surface area contributed by atoms with Gasteiger partial charge in [0.15, 0.2) is 5.78 Å². The summed E-state index contributed by atoms with van der Waals surface area (Å²) in [6, 6.07) is 7.43. The van der Waals surface area contributed by atoms with Gasteiger partial charge in [0.05, 0.1) is 6.61 Å². The van der Waals surface area contributed by atoms with E-state index < -0.39 is 0 Å². The Morgan fingerprint density at radius 1 is 1.26 bits per heavy atom. The van der Waals surface area contributed by atoms with E-state index >= 15 is 0 Å². The minimum Gasteiger partial charge on any atom is -0.494 e. The molecular formula is C16H23NO2. The molecule has 0 aromatic heterocycles. The van der Waals surface area contributed by atoms with Gasteiger partial charge in [-0.15, -0.1) is 0 Å². The molecule has 0 bridgehead atoms. The zero-order chi connectivity index (χ0) is 13.5. The molecule has 0 atom stereocenters. The summed E-state index contributed by atoms with van der Waals surface area (Å²) >= 11 is 0. The molecule has 3 heteroatoms. The van der Waals surface area contributed by atoms with E-state index in [0.717, 1.165) is 25.3 Å². The number of rotatable bonds is 6. The van der Waals surface area contributed by atoms with Gasteiger partial charge in [0.1, 0.15) is 5.75 Å². The average molecular weight is 261 g/mol. The zero-order valence-corrected chi connectivity index (χ0v) is 11.7. The summed E-state index contributed by atoms with van der Waals surface area (Å²) in [7, 11) is 0. The smallest absolute Gasteiger partial charge is 0.159 e. The lowest BCUT2D eigenvalue weighted by Crippen LogP contribution is -2.31. The molecule has 19 heavy (non-hydrogen) atoms. The van der Waals surface area contributed by atoms with Gasteiger partial charge in [-0.2, -0.15) is 0 Å². The summed E-state index contributed by atoms with van der Waals surface area (Å²) in [5.74, 6) is 0.880. The van der Waals surface area contributed by atoms with E-state index in [4.69, 9.17) is 4.74 Å². The van der Waals surface area contributed by atoms with E-state index in [1.54, 1.807) is 6.92 Å². The standard InChI is InChI=1S/C16H23NO2/c1-14(18)15-7-5-8-16(13-15)19-12-6-11-17-9-3-2-4-10-17/h5,7-8,13H,2-4,6,9-12H2,1H3. The van der Waals surface area contributed by atoms with Crippen LogP contribution in [-0.2, 0) is 0 Å². The maximum Gasteiger partial charge on any atom is 0.159 e. The number of Topliss-reactive ketones (excluding diaryl/α,β-unsaturated/α-hetero) is 1. The number of carbonyl (C=O) groups is 1. The number of carbonyl (C=O) groups excluding carboxylic acids is 1. The van der Waals surface area contributed by atoms with Gasteiger partial charge < -0.3 is 9.64 Å². The van der Waals surface area contributed by atoms with E-state index in [0.29, 0.717) is 5.56 Å². The molecule has 2 rings (SSSR count). The Morgan fingerprint density at radius 2 is 2.05 bits per heavy atom. The van der Waals surface area contributed by atoms with E-state index in [-0.39, 0.29) is 5.78 Å². The lowest BCUT2D eigenvalue weighted by atomic mass is 10.1. The van der Waals surface area contributed by atoms with E-state index in [1.807, 2.05) is 24.3 Å². The summed E-state index contributed by atoms with van der Waals surface area (Å²) in [4.78, 5) is 13.8. The van der Waals surface area contributed by atoms with Crippen molar-refractivity contribution >= 4 is 5.78 Å². The van der Waals surface area contributed by atoms with Crippen LogP contribution in [-0.4, -0.2) is 36.9 Å². The van der Waals surface area contributed by atoms with Crippen molar-refractivity contribution in [3.63, 3.8) is 0 Å². The highest BCUT2D eigenvalue weighted by Crippen LogP contribution is 2.14. The van der Waals surface area contributed by atoms with Gasteiger partial charge in [-0.25, -0.2) is 0 Å². The van der Waals surface area contributed by atoms with Crippen molar-refractivity contribution in [3.05, 3.63) is 29.8 Å². The summed E-state index contributed by atoms with van der Waals surface area (Å²) in [6.07, 6.45) is 5.10. The summed E-state index contributed by atoms with van der Waals surface area (Å²) in [5, 5.41) is 0. The van der Waals surface area contributed by atoms with Crippen LogP contribution in [0, 0.1) is 0 Å². The Labute approximate surface area is 115 Å². The Kier molecular flexibility index (Phi) is 5.40. The van der Waals surface area contributed by atoms with Gasteiger partial charge in [0.2, 0.25) is 0 Å². The fourth-order valence-corrected chi connectivity index (χ4v) is 2.47. The van der Waals surface area contributed by atoms with E-state index in [2.05, 4.69) is 4.90 Å². The first kappa shape index (κ1) is 14.1. The van der Waals surface area contributed by atoms with Gasteiger partial charge >= 0.3 is 0 Å². The Morgan fingerprint density at radius 3 is 2.79 bits per heavy atom. The first-order valence-corrected chi connectivity index (χ1v) is 7.22. The van der Waals surface area contributed by atoms with Crippen LogP contribution in [0.4, 0.5) is 0 Å². The van der Waals surface area contributed by atoms with Gasteiger partial charge in [-0.05, 0) is 51.4 Å². The molecule has 0 spiro atoms. The summed E-state index contributed by atoms with van der Waals surface area (Å²) in [6.45, 7) is 5.89. The lowest BCUT2D eigenvalue weighted by molar-refractivity contribution is 0.101. The second-order valence-corrected chi connectivity index (χ2v) is 5.19.